The van der Waals surface area contributed by atoms with Gasteiger partial charge in [0.1, 0.15) is 11.5 Å². The number of hydrogen-bond acceptors (Lipinski definition) is 3. The highest BCUT2D eigenvalue weighted by Gasteiger charge is 2.46. The first-order chi connectivity index (χ1) is 20.9. The molecule has 0 spiro atoms. The van der Waals surface area contributed by atoms with Crippen molar-refractivity contribution >= 4 is 79.5 Å². The van der Waals surface area contributed by atoms with E-state index in [0.717, 1.165) is 22.9 Å². The van der Waals surface area contributed by atoms with Crippen molar-refractivity contribution < 1.29 is 4.74 Å². The van der Waals surface area contributed by atoms with Crippen molar-refractivity contribution in [3.63, 3.8) is 0 Å². The second kappa shape index (κ2) is 8.22. The third-order valence-corrected chi connectivity index (χ3v) is 11.5. The fraction of sp³-hybridized carbons (Fsp3) is 0. The third kappa shape index (κ3) is 2.84. The molecule has 0 bridgehead atoms. The van der Waals surface area contributed by atoms with Crippen LogP contribution in [0.25, 0.3) is 21.5 Å². The molecule has 0 fully saturated rings. The highest BCUT2D eigenvalue weighted by Crippen LogP contribution is 2.62. The van der Waals surface area contributed by atoms with E-state index in [-0.39, 0.29) is 0 Å². The molecule has 7 aromatic carbocycles. The number of hydrogen-bond donors (Lipinski definition) is 0. The van der Waals surface area contributed by atoms with E-state index >= 15 is 0 Å². The lowest BCUT2D eigenvalue weighted by molar-refractivity contribution is 0.488. The monoisotopic (exact) mass is 554 g/mol. The van der Waals surface area contributed by atoms with Crippen molar-refractivity contribution in [1.29, 1.82) is 0 Å². The molecule has 3 nitrogen and oxygen atoms in total. The summed E-state index contributed by atoms with van der Waals surface area (Å²) >= 11 is 0. The second-order valence-electron chi connectivity index (χ2n) is 11.0. The number of para-hydroxylation sites is 2. The van der Waals surface area contributed by atoms with Crippen LogP contribution in [-0.2, 0) is 0 Å². The van der Waals surface area contributed by atoms with Crippen LogP contribution in [-0.4, -0.2) is 0 Å². The average molecular weight is 555 g/mol. The fourth-order valence-electron chi connectivity index (χ4n) is 7.13. The maximum absolute atomic E-state index is 6.73. The lowest BCUT2D eigenvalue weighted by Gasteiger charge is -2.47. The van der Waals surface area contributed by atoms with Crippen molar-refractivity contribution in [2.75, 3.05) is 9.80 Å². The molecule has 42 heavy (non-hydrogen) atoms. The van der Waals surface area contributed by atoms with Gasteiger partial charge in [-0.15, -0.1) is 0 Å². The molecule has 3 heterocycles. The number of nitrogens with zero attached hydrogens (tertiary/aromatic N) is 2. The van der Waals surface area contributed by atoms with Gasteiger partial charge in [-0.25, -0.2) is 0 Å². The van der Waals surface area contributed by atoms with Gasteiger partial charge in [-0.2, -0.15) is 0 Å². The van der Waals surface area contributed by atoms with Crippen LogP contribution in [0.5, 0.6) is 11.5 Å². The van der Waals surface area contributed by atoms with Crippen molar-refractivity contribution in [3.8, 4) is 11.5 Å². The Hall–Kier alpha value is -5.11. The normalized spacial score (nSPS) is 15.5. The maximum Gasteiger partial charge on any atom is 0.137 e. The molecule has 3 aliphatic heterocycles. The number of fused-ring (bicyclic) bond motifs is 4. The van der Waals surface area contributed by atoms with E-state index in [1.54, 1.807) is 0 Å². The summed E-state index contributed by atoms with van der Waals surface area (Å²) in [5, 5.41) is 9.07. The van der Waals surface area contributed by atoms with Gasteiger partial charge in [0.2, 0.25) is 0 Å². The van der Waals surface area contributed by atoms with E-state index < -0.39 is 7.92 Å². The average Bonchev–Trinajstić information content (AvgIpc) is 3.05. The molecule has 4 heteroatoms. The highest BCUT2D eigenvalue weighted by atomic mass is 31.1. The zero-order chi connectivity index (χ0) is 27.4. The summed E-state index contributed by atoms with van der Waals surface area (Å²) in [6, 6.07) is 50.5. The Morgan fingerprint density at radius 1 is 0.429 bits per heavy atom. The van der Waals surface area contributed by atoms with E-state index in [0.29, 0.717) is 0 Å². The second-order valence-corrected chi connectivity index (χ2v) is 13.0. The van der Waals surface area contributed by atoms with Crippen LogP contribution < -0.4 is 30.5 Å². The number of anilines is 6. The Bertz CT molecular complexity index is 2230. The Morgan fingerprint density at radius 2 is 1.05 bits per heavy atom. The lowest BCUT2D eigenvalue weighted by atomic mass is 9.97. The minimum Gasteiger partial charge on any atom is -0.456 e. The zero-order valence-corrected chi connectivity index (χ0v) is 23.4. The molecular weight excluding hydrogens is 531 g/mol. The van der Waals surface area contributed by atoms with Gasteiger partial charge in [0, 0.05) is 30.0 Å². The first kappa shape index (κ1) is 22.6. The van der Waals surface area contributed by atoms with Gasteiger partial charge in [0.25, 0.3) is 0 Å². The Balaban J connectivity index is 1.45. The van der Waals surface area contributed by atoms with Gasteiger partial charge in [-0.3, -0.25) is 0 Å². The third-order valence-electron chi connectivity index (χ3n) is 8.80. The molecule has 1 atom stereocenters. The minimum absolute atomic E-state index is 0.862. The maximum atomic E-state index is 6.73. The van der Waals surface area contributed by atoms with Gasteiger partial charge in [-0.1, -0.05) is 84.9 Å². The molecule has 196 valence electrons. The summed E-state index contributed by atoms with van der Waals surface area (Å²) in [4.78, 5) is 4.95. The quantitative estimate of drug-likeness (QED) is 0.156. The molecule has 1 unspecified atom stereocenters. The Morgan fingerprint density at radius 3 is 1.76 bits per heavy atom. The first-order valence-corrected chi connectivity index (χ1v) is 15.6. The van der Waals surface area contributed by atoms with Gasteiger partial charge in [0.05, 0.1) is 33.4 Å². The van der Waals surface area contributed by atoms with Crippen LogP contribution in [0.15, 0.2) is 140 Å². The molecule has 0 aromatic heterocycles. The summed E-state index contributed by atoms with van der Waals surface area (Å²) in [7, 11) is -0.862. The molecule has 0 amide bonds. The van der Waals surface area contributed by atoms with Crippen LogP contribution >= 0.6 is 7.92 Å². The molecule has 0 saturated carbocycles. The van der Waals surface area contributed by atoms with Crippen molar-refractivity contribution in [2.24, 2.45) is 0 Å². The number of benzene rings is 7. The fourth-order valence-corrected chi connectivity index (χ4v) is 10.1. The lowest BCUT2D eigenvalue weighted by Crippen LogP contribution is -2.43. The Kier molecular flexibility index (Phi) is 4.42. The van der Waals surface area contributed by atoms with Crippen molar-refractivity contribution in [1.82, 2.24) is 0 Å². The highest BCUT2D eigenvalue weighted by molar-refractivity contribution is 7.82. The zero-order valence-electron chi connectivity index (χ0n) is 22.5. The molecule has 7 aromatic rings. The van der Waals surface area contributed by atoms with Crippen LogP contribution in [0.1, 0.15) is 0 Å². The molecule has 10 rings (SSSR count). The minimum atomic E-state index is -0.862. The van der Waals surface area contributed by atoms with E-state index in [4.69, 9.17) is 4.74 Å². The number of ether oxygens (including phenoxy) is 1. The topological polar surface area (TPSA) is 15.7 Å². The largest absolute Gasteiger partial charge is 0.456 e. The first-order valence-electron chi connectivity index (χ1n) is 14.3. The summed E-state index contributed by atoms with van der Waals surface area (Å²) in [5.74, 6) is 1.93. The van der Waals surface area contributed by atoms with Crippen LogP contribution in [0.3, 0.4) is 0 Å². The van der Waals surface area contributed by atoms with Crippen LogP contribution in [0, 0.1) is 0 Å². The smallest absolute Gasteiger partial charge is 0.137 e. The molecule has 3 aliphatic rings. The van der Waals surface area contributed by atoms with Gasteiger partial charge >= 0.3 is 0 Å². The Labute approximate surface area is 244 Å². The van der Waals surface area contributed by atoms with Crippen molar-refractivity contribution in [3.05, 3.63) is 140 Å². The summed E-state index contributed by atoms with van der Waals surface area (Å²) in [6.07, 6.45) is 0. The summed E-state index contributed by atoms with van der Waals surface area (Å²) < 4.78 is 6.73. The SMILES string of the molecule is c1ccc(N2c3cccc4c3P3c5c(cccc5N(c5ccccc5)c5c3c2cc2c5ccc3ccccc32)O4)cc1. The molecule has 0 saturated heterocycles. The molecule has 0 N–H and O–H groups in total. The molecule has 0 radical (unpaired) electrons. The van der Waals surface area contributed by atoms with Gasteiger partial charge < -0.3 is 14.5 Å². The molecule has 0 aliphatic carbocycles. The van der Waals surface area contributed by atoms with Crippen molar-refractivity contribution in [2.45, 2.75) is 0 Å². The van der Waals surface area contributed by atoms with E-state index in [1.165, 1.54) is 60.2 Å². The molecular formula is C38H23N2OP. The van der Waals surface area contributed by atoms with Crippen LogP contribution in [0.4, 0.5) is 34.1 Å². The summed E-state index contributed by atoms with van der Waals surface area (Å²) in [5.41, 5.74) is 7.24. The number of rotatable bonds is 2. The predicted molar refractivity (Wildman–Crippen MR) is 177 cm³/mol. The standard InChI is InChI=1S/C38H23N2OP/c1-3-12-25(13-4-1)39-30-17-9-19-33-36(30)42-37-31(18-10-20-34(37)41-33)40(26-14-5-2-6-15-26)35-28-22-21-24-11-7-8-16-27(24)29(28)23-32(39)38(35)42/h1-23H. The summed E-state index contributed by atoms with van der Waals surface area (Å²) in [6.45, 7) is 0. The van der Waals surface area contributed by atoms with E-state index in [9.17, 15) is 0 Å². The van der Waals surface area contributed by atoms with Crippen LogP contribution in [0.2, 0.25) is 0 Å². The van der Waals surface area contributed by atoms with E-state index in [1.807, 2.05) is 0 Å². The predicted octanol–water partition coefficient (Wildman–Crippen LogP) is 9.42. The van der Waals surface area contributed by atoms with E-state index in [2.05, 4.69) is 149 Å². The van der Waals surface area contributed by atoms with Gasteiger partial charge in [-0.05, 0) is 70.8 Å². The van der Waals surface area contributed by atoms with Gasteiger partial charge in [0.15, 0.2) is 0 Å².